The number of nitrogens with zero attached hydrogens (tertiary/aromatic N) is 3. The lowest BCUT2D eigenvalue weighted by Gasteiger charge is -2.32. The Morgan fingerprint density at radius 1 is 1.29 bits per heavy atom. The Labute approximate surface area is 123 Å². The Bertz CT molecular complexity index is 632. The number of sulfone groups is 1. The van der Waals surface area contributed by atoms with Gasteiger partial charge in [0.25, 0.3) is 0 Å². The van der Waals surface area contributed by atoms with Crippen molar-refractivity contribution in [1.82, 2.24) is 15.0 Å². The first kappa shape index (κ1) is 14.5. The van der Waals surface area contributed by atoms with E-state index in [1.54, 1.807) is 11.8 Å². The first-order valence-corrected chi connectivity index (χ1v) is 9.06. The molecule has 7 nitrogen and oxygen atoms in total. The van der Waals surface area contributed by atoms with Gasteiger partial charge in [-0.05, 0) is 26.2 Å². The van der Waals surface area contributed by atoms with Crippen molar-refractivity contribution in [1.29, 1.82) is 0 Å². The van der Waals surface area contributed by atoms with Crippen LogP contribution in [0.5, 0.6) is 0 Å². The molecule has 0 spiro atoms. The molecule has 0 saturated carbocycles. The molecule has 1 aromatic rings. The number of aryl methyl sites for hydroxylation is 1. The highest BCUT2D eigenvalue weighted by molar-refractivity contribution is 7.91. The van der Waals surface area contributed by atoms with Crippen molar-refractivity contribution in [2.24, 2.45) is 5.92 Å². The third-order valence-corrected chi connectivity index (χ3v) is 6.05. The summed E-state index contributed by atoms with van der Waals surface area (Å²) in [5.41, 5.74) is 0. The summed E-state index contributed by atoms with van der Waals surface area (Å²) in [5.74, 6) is 1.24. The molecule has 0 radical (unpaired) electrons. The van der Waals surface area contributed by atoms with Gasteiger partial charge in [0.2, 0.25) is 11.8 Å². The summed E-state index contributed by atoms with van der Waals surface area (Å²) < 4.78 is 28.1. The second kappa shape index (κ2) is 5.40. The molecule has 1 aromatic heterocycles. The van der Waals surface area contributed by atoms with Gasteiger partial charge in [0.05, 0.1) is 17.4 Å². The van der Waals surface area contributed by atoms with Crippen molar-refractivity contribution in [3.05, 3.63) is 11.7 Å². The van der Waals surface area contributed by atoms with Crippen LogP contribution in [0, 0.1) is 12.8 Å². The Hall–Kier alpha value is -1.44. The van der Waals surface area contributed by atoms with Crippen LogP contribution in [0.25, 0.3) is 0 Å². The van der Waals surface area contributed by atoms with E-state index >= 15 is 0 Å². The SMILES string of the molecule is Cc1noc(C2CCN(C(=O)[C@@H]3CCS(=O)(=O)C3)CC2)n1. The summed E-state index contributed by atoms with van der Waals surface area (Å²) >= 11 is 0. The number of hydrogen-bond donors (Lipinski definition) is 0. The molecule has 2 fully saturated rings. The Morgan fingerprint density at radius 2 is 2.00 bits per heavy atom. The van der Waals surface area contributed by atoms with E-state index in [0.29, 0.717) is 31.2 Å². The lowest BCUT2D eigenvalue weighted by atomic mass is 9.95. The van der Waals surface area contributed by atoms with E-state index < -0.39 is 9.84 Å². The molecule has 0 aliphatic carbocycles. The molecule has 0 bridgehead atoms. The van der Waals surface area contributed by atoms with Crippen LogP contribution in [0.4, 0.5) is 0 Å². The minimum atomic E-state index is -3.01. The Balaban J connectivity index is 1.57. The van der Waals surface area contributed by atoms with Crippen LogP contribution in [-0.4, -0.2) is 54.0 Å². The van der Waals surface area contributed by atoms with Gasteiger partial charge in [-0.1, -0.05) is 5.16 Å². The smallest absolute Gasteiger partial charge is 0.229 e. The number of amides is 1. The van der Waals surface area contributed by atoms with Crippen LogP contribution in [0.3, 0.4) is 0 Å². The molecule has 3 rings (SSSR count). The quantitative estimate of drug-likeness (QED) is 0.790. The third kappa shape index (κ3) is 3.09. The van der Waals surface area contributed by atoms with Gasteiger partial charge in [0.1, 0.15) is 0 Å². The molecular weight excluding hydrogens is 294 g/mol. The first-order valence-electron chi connectivity index (χ1n) is 7.24. The predicted octanol–water partition coefficient (Wildman–Crippen LogP) is 0.519. The zero-order valence-corrected chi connectivity index (χ0v) is 12.8. The standard InChI is InChI=1S/C13H19N3O4S/c1-9-14-12(20-15-9)10-2-5-16(6-3-10)13(17)11-4-7-21(18,19)8-11/h10-11H,2-8H2,1H3/t11-/m1/s1. The van der Waals surface area contributed by atoms with E-state index in [2.05, 4.69) is 10.1 Å². The summed E-state index contributed by atoms with van der Waals surface area (Å²) in [5, 5.41) is 3.79. The fraction of sp³-hybridized carbons (Fsp3) is 0.769. The zero-order valence-electron chi connectivity index (χ0n) is 12.0. The molecule has 2 aliphatic heterocycles. The van der Waals surface area contributed by atoms with Crippen LogP contribution in [0.15, 0.2) is 4.52 Å². The molecule has 0 aromatic carbocycles. The van der Waals surface area contributed by atoms with E-state index in [-0.39, 0.29) is 29.2 Å². The molecule has 1 atom stereocenters. The van der Waals surface area contributed by atoms with Gasteiger partial charge < -0.3 is 9.42 Å². The maximum atomic E-state index is 12.3. The van der Waals surface area contributed by atoms with Crippen LogP contribution >= 0.6 is 0 Å². The van der Waals surface area contributed by atoms with Crippen LogP contribution < -0.4 is 0 Å². The molecule has 3 heterocycles. The normalized spacial score (nSPS) is 26.1. The molecule has 0 unspecified atom stereocenters. The number of aromatic nitrogens is 2. The van der Waals surface area contributed by atoms with Crippen LogP contribution in [0.1, 0.15) is 36.9 Å². The van der Waals surface area contributed by atoms with Gasteiger partial charge >= 0.3 is 0 Å². The monoisotopic (exact) mass is 313 g/mol. The zero-order chi connectivity index (χ0) is 15.0. The van der Waals surface area contributed by atoms with Gasteiger partial charge in [-0.3, -0.25) is 4.79 Å². The predicted molar refractivity (Wildman–Crippen MR) is 74.4 cm³/mol. The summed E-state index contributed by atoms with van der Waals surface area (Å²) in [6.07, 6.45) is 2.03. The summed E-state index contributed by atoms with van der Waals surface area (Å²) in [7, 11) is -3.01. The van der Waals surface area contributed by atoms with E-state index in [1.807, 2.05) is 0 Å². The van der Waals surface area contributed by atoms with Gasteiger partial charge in [-0.25, -0.2) is 8.42 Å². The highest BCUT2D eigenvalue weighted by Gasteiger charge is 2.37. The van der Waals surface area contributed by atoms with E-state index in [0.717, 1.165) is 12.8 Å². The molecule has 2 aliphatic rings. The van der Waals surface area contributed by atoms with Gasteiger partial charge in [0, 0.05) is 19.0 Å². The lowest BCUT2D eigenvalue weighted by molar-refractivity contribution is -0.135. The van der Waals surface area contributed by atoms with Crippen molar-refractivity contribution >= 4 is 15.7 Å². The minimum absolute atomic E-state index is 0.00855. The number of carbonyl (C=O) groups is 1. The fourth-order valence-corrected chi connectivity index (χ4v) is 4.81. The lowest BCUT2D eigenvalue weighted by Crippen LogP contribution is -2.41. The molecule has 0 N–H and O–H groups in total. The maximum Gasteiger partial charge on any atom is 0.229 e. The number of hydrogen-bond acceptors (Lipinski definition) is 6. The summed E-state index contributed by atoms with van der Waals surface area (Å²) in [6, 6.07) is 0. The first-order chi connectivity index (χ1) is 9.94. The number of likely N-dealkylation sites (tertiary alicyclic amines) is 1. The van der Waals surface area contributed by atoms with Crippen molar-refractivity contribution < 1.29 is 17.7 Å². The van der Waals surface area contributed by atoms with Crippen molar-refractivity contribution in [2.75, 3.05) is 24.6 Å². The van der Waals surface area contributed by atoms with Crippen LogP contribution in [0.2, 0.25) is 0 Å². The summed E-state index contributed by atoms with van der Waals surface area (Å²) in [4.78, 5) is 18.4. The number of piperidine rings is 1. The fourth-order valence-electron chi connectivity index (χ4n) is 3.07. The average molecular weight is 313 g/mol. The number of rotatable bonds is 2. The molecule has 1 amide bonds. The van der Waals surface area contributed by atoms with E-state index in [9.17, 15) is 13.2 Å². The van der Waals surface area contributed by atoms with Gasteiger partial charge in [0.15, 0.2) is 15.7 Å². The largest absolute Gasteiger partial charge is 0.342 e. The van der Waals surface area contributed by atoms with Crippen molar-refractivity contribution in [2.45, 2.75) is 32.1 Å². The van der Waals surface area contributed by atoms with E-state index in [1.165, 1.54) is 0 Å². The maximum absolute atomic E-state index is 12.3. The molecule has 21 heavy (non-hydrogen) atoms. The molecule has 116 valence electrons. The third-order valence-electron chi connectivity index (χ3n) is 4.28. The van der Waals surface area contributed by atoms with Gasteiger partial charge in [-0.2, -0.15) is 4.98 Å². The second-order valence-electron chi connectivity index (χ2n) is 5.88. The molecule has 8 heteroatoms. The minimum Gasteiger partial charge on any atom is -0.342 e. The molecular formula is C13H19N3O4S. The van der Waals surface area contributed by atoms with Crippen molar-refractivity contribution in [3.8, 4) is 0 Å². The number of carbonyl (C=O) groups excluding carboxylic acids is 1. The Morgan fingerprint density at radius 3 is 2.52 bits per heavy atom. The second-order valence-corrected chi connectivity index (χ2v) is 8.11. The van der Waals surface area contributed by atoms with Gasteiger partial charge in [-0.15, -0.1) is 0 Å². The average Bonchev–Trinajstić information content (AvgIpc) is 3.04. The van der Waals surface area contributed by atoms with E-state index in [4.69, 9.17) is 4.52 Å². The topological polar surface area (TPSA) is 93.4 Å². The van der Waals surface area contributed by atoms with Crippen molar-refractivity contribution in [3.63, 3.8) is 0 Å². The van der Waals surface area contributed by atoms with Crippen LogP contribution in [-0.2, 0) is 14.6 Å². The summed E-state index contributed by atoms with van der Waals surface area (Å²) in [6.45, 7) is 3.04. The molecule has 2 saturated heterocycles. The Kier molecular flexibility index (Phi) is 3.73. The highest BCUT2D eigenvalue weighted by atomic mass is 32.2. The highest BCUT2D eigenvalue weighted by Crippen LogP contribution is 2.29.